The minimum atomic E-state index is -0.0585. The molecular weight excluding hydrogens is 228 g/mol. The van der Waals surface area contributed by atoms with Crippen molar-refractivity contribution in [1.29, 1.82) is 0 Å². The molecule has 5 nitrogen and oxygen atoms in total. The highest BCUT2D eigenvalue weighted by molar-refractivity contribution is 5.92. The molecule has 1 aliphatic heterocycles. The number of nitrogens with zero attached hydrogens (tertiary/aromatic N) is 3. The van der Waals surface area contributed by atoms with Crippen LogP contribution in [0.5, 0.6) is 0 Å². The van der Waals surface area contributed by atoms with Crippen LogP contribution in [-0.2, 0) is 0 Å². The van der Waals surface area contributed by atoms with Crippen molar-refractivity contribution in [2.75, 3.05) is 20.1 Å². The van der Waals surface area contributed by atoms with E-state index in [4.69, 9.17) is 0 Å². The molecule has 0 aliphatic carbocycles. The predicted octanol–water partition coefficient (Wildman–Crippen LogP) is 0.332. The fraction of sp³-hybridized carbons (Fsp3) is 0.500. The Kier molecular flexibility index (Phi) is 4.64. The maximum Gasteiger partial charge on any atom is 0.274 e. The van der Waals surface area contributed by atoms with Crippen molar-refractivity contribution in [3.63, 3.8) is 0 Å². The Balaban J connectivity index is 0.00000128. The van der Waals surface area contributed by atoms with E-state index in [2.05, 4.69) is 15.3 Å². The fourth-order valence-electron chi connectivity index (χ4n) is 1.73. The van der Waals surface area contributed by atoms with Gasteiger partial charge in [-0.25, -0.2) is 4.98 Å². The highest BCUT2D eigenvalue weighted by Gasteiger charge is 2.24. The number of carbonyl (C=O) groups excluding carboxylic acids is 1. The second kappa shape index (κ2) is 5.77. The van der Waals surface area contributed by atoms with Crippen LogP contribution in [0.3, 0.4) is 0 Å². The van der Waals surface area contributed by atoms with Gasteiger partial charge in [0, 0.05) is 32.0 Å². The lowest BCUT2D eigenvalue weighted by Crippen LogP contribution is -2.38. The van der Waals surface area contributed by atoms with E-state index >= 15 is 0 Å². The average molecular weight is 243 g/mol. The Hall–Kier alpha value is -1.20. The molecule has 1 saturated heterocycles. The number of halogens is 1. The average Bonchev–Trinajstić information content (AvgIpc) is 2.82. The summed E-state index contributed by atoms with van der Waals surface area (Å²) >= 11 is 0. The van der Waals surface area contributed by atoms with Crippen molar-refractivity contribution < 1.29 is 4.79 Å². The summed E-state index contributed by atoms with van der Waals surface area (Å²) < 4.78 is 0. The van der Waals surface area contributed by atoms with Crippen LogP contribution in [0.25, 0.3) is 0 Å². The van der Waals surface area contributed by atoms with E-state index in [-0.39, 0.29) is 24.4 Å². The quantitative estimate of drug-likeness (QED) is 0.812. The van der Waals surface area contributed by atoms with E-state index < -0.39 is 0 Å². The largest absolute Gasteiger partial charge is 0.336 e. The van der Waals surface area contributed by atoms with Crippen LogP contribution in [-0.4, -0.2) is 47.0 Å². The second-order valence-corrected chi connectivity index (χ2v) is 3.65. The van der Waals surface area contributed by atoms with Crippen molar-refractivity contribution in [1.82, 2.24) is 20.2 Å². The van der Waals surface area contributed by atoms with Crippen molar-refractivity contribution in [3.05, 3.63) is 24.3 Å². The summed E-state index contributed by atoms with van der Waals surface area (Å²) in [4.78, 5) is 21.6. The van der Waals surface area contributed by atoms with Gasteiger partial charge in [-0.3, -0.25) is 9.78 Å². The molecule has 16 heavy (non-hydrogen) atoms. The lowest BCUT2D eigenvalue weighted by atomic mass is 10.2. The van der Waals surface area contributed by atoms with Gasteiger partial charge >= 0.3 is 0 Å². The molecular formula is C10H15ClN4O. The molecule has 0 spiro atoms. The molecule has 1 atom stereocenters. The van der Waals surface area contributed by atoms with Crippen LogP contribution in [0.2, 0.25) is 0 Å². The molecule has 2 heterocycles. The highest BCUT2D eigenvalue weighted by atomic mass is 35.5. The number of aromatic nitrogens is 2. The van der Waals surface area contributed by atoms with Crippen LogP contribution in [0.15, 0.2) is 18.6 Å². The first-order chi connectivity index (χ1) is 7.29. The summed E-state index contributed by atoms with van der Waals surface area (Å²) in [7, 11) is 1.81. The molecule has 2 rings (SSSR count). The molecule has 6 heteroatoms. The van der Waals surface area contributed by atoms with Crippen molar-refractivity contribution in [3.8, 4) is 0 Å². The molecule has 0 unspecified atom stereocenters. The smallest absolute Gasteiger partial charge is 0.274 e. The van der Waals surface area contributed by atoms with Gasteiger partial charge in [0.1, 0.15) is 5.69 Å². The van der Waals surface area contributed by atoms with Crippen molar-refractivity contribution >= 4 is 18.3 Å². The van der Waals surface area contributed by atoms with Crippen LogP contribution in [0.1, 0.15) is 16.9 Å². The first-order valence-corrected chi connectivity index (χ1v) is 5.03. The standard InChI is InChI=1S/C10H14N4O.ClH/c1-14(8-2-3-11-6-8)10(15)9-7-12-4-5-13-9;/h4-5,7-8,11H,2-3,6H2,1H3;1H/t8-;/m0./s1. The van der Waals surface area contributed by atoms with Crippen LogP contribution >= 0.6 is 12.4 Å². The topological polar surface area (TPSA) is 58.1 Å². The number of amides is 1. The molecule has 0 saturated carbocycles. The van der Waals surface area contributed by atoms with Gasteiger partial charge in [0.15, 0.2) is 0 Å². The molecule has 1 aromatic heterocycles. The maximum absolute atomic E-state index is 11.9. The number of carbonyl (C=O) groups is 1. The summed E-state index contributed by atoms with van der Waals surface area (Å²) in [6.45, 7) is 1.84. The number of hydrogen-bond donors (Lipinski definition) is 1. The zero-order valence-electron chi connectivity index (χ0n) is 9.09. The summed E-state index contributed by atoms with van der Waals surface area (Å²) in [5, 5.41) is 3.23. The molecule has 1 N–H and O–H groups in total. The monoisotopic (exact) mass is 242 g/mol. The van der Waals surface area contributed by atoms with Gasteiger partial charge in [-0.1, -0.05) is 0 Å². The van der Waals surface area contributed by atoms with Crippen LogP contribution in [0, 0.1) is 0 Å². The third kappa shape index (κ3) is 2.68. The summed E-state index contributed by atoms with van der Waals surface area (Å²) in [5.74, 6) is -0.0585. The molecule has 0 aromatic carbocycles. The third-order valence-corrected chi connectivity index (χ3v) is 2.68. The lowest BCUT2D eigenvalue weighted by molar-refractivity contribution is 0.0737. The van der Waals surface area contributed by atoms with E-state index in [1.807, 2.05) is 7.05 Å². The summed E-state index contributed by atoms with van der Waals surface area (Å²) in [6, 6.07) is 0.277. The second-order valence-electron chi connectivity index (χ2n) is 3.65. The van der Waals surface area contributed by atoms with E-state index in [1.165, 1.54) is 12.4 Å². The minimum absolute atomic E-state index is 0. The zero-order chi connectivity index (χ0) is 10.7. The third-order valence-electron chi connectivity index (χ3n) is 2.68. The van der Waals surface area contributed by atoms with E-state index in [0.717, 1.165) is 19.5 Å². The predicted molar refractivity (Wildman–Crippen MR) is 62.6 cm³/mol. The van der Waals surface area contributed by atoms with Gasteiger partial charge in [-0.15, -0.1) is 12.4 Å². The Labute approximate surface area is 101 Å². The van der Waals surface area contributed by atoms with Crippen LogP contribution in [0.4, 0.5) is 0 Å². The van der Waals surface area contributed by atoms with Crippen LogP contribution < -0.4 is 5.32 Å². The fourth-order valence-corrected chi connectivity index (χ4v) is 1.73. The molecule has 1 aromatic rings. The van der Waals surface area contributed by atoms with E-state index in [9.17, 15) is 4.79 Å². The highest BCUT2D eigenvalue weighted by Crippen LogP contribution is 2.09. The lowest BCUT2D eigenvalue weighted by Gasteiger charge is -2.22. The Morgan fingerprint density at radius 2 is 2.38 bits per heavy atom. The Morgan fingerprint density at radius 1 is 1.56 bits per heavy atom. The van der Waals surface area contributed by atoms with E-state index in [0.29, 0.717) is 5.69 Å². The molecule has 88 valence electrons. The SMILES string of the molecule is CN(C(=O)c1cnccn1)[C@H]1CCNC1.Cl. The van der Waals surface area contributed by atoms with Gasteiger partial charge in [0.05, 0.1) is 6.20 Å². The van der Waals surface area contributed by atoms with Gasteiger partial charge in [-0.05, 0) is 13.0 Å². The summed E-state index contributed by atoms with van der Waals surface area (Å²) in [6.07, 6.45) is 5.60. The van der Waals surface area contributed by atoms with Crippen molar-refractivity contribution in [2.45, 2.75) is 12.5 Å². The molecule has 0 radical (unpaired) electrons. The first kappa shape index (κ1) is 12.9. The minimum Gasteiger partial charge on any atom is -0.336 e. The number of nitrogens with one attached hydrogen (secondary N) is 1. The maximum atomic E-state index is 11.9. The zero-order valence-corrected chi connectivity index (χ0v) is 9.91. The Morgan fingerprint density at radius 3 is 2.94 bits per heavy atom. The summed E-state index contributed by atoms with van der Waals surface area (Å²) in [5.41, 5.74) is 0.409. The molecule has 1 aliphatic rings. The van der Waals surface area contributed by atoms with Gasteiger partial charge < -0.3 is 10.2 Å². The van der Waals surface area contributed by atoms with Gasteiger partial charge in [-0.2, -0.15) is 0 Å². The van der Waals surface area contributed by atoms with Crippen molar-refractivity contribution in [2.24, 2.45) is 0 Å². The normalized spacial score (nSPS) is 18.9. The van der Waals surface area contributed by atoms with Gasteiger partial charge in [0.25, 0.3) is 5.91 Å². The Bertz CT molecular complexity index is 340. The number of likely N-dealkylation sites (N-methyl/N-ethyl adjacent to an activating group) is 1. The first-order valence-electron chi connectivity index (χ1n) is 5.03. The molecule has 1 fully saturated rings. The number of rotatable bonds is 2. The molecule has 0 bridgehead atoms. The van der Waals surface area contributed by atoms with E-state index in [1.54, 1.807) is 11.1 Å². The number of hydrogen-bond acceptors (Lipinski definition) is 4. The van der Waals surface area contributed by atoms with Gasteiger partial charge in [0.2, 0.25) is 0 Å². The molecule has 1 amide bonds.